The molecule has 2 rings (SSSR count). The van der Waals surface area contributed by atoms with Crippen LogP contribution in [0.1, 0.15) is 5.56 Å². The zero-order valence-corrected chi connectivity index (χ0v) is 10.1. The summed E-state index contributed by atoms with van der Waals surface area (Å²) >= 11 is 6.03. The third-order valence-corrected chi connectivity index (χ3v) is 2.57. The Morgan fingerprint density at radius 2 is 2.06 bits per heavy atom. The molecule has 0 amide bonds. The lowest BCUT2D eigenvalue weighted by Gasteiger charge is -2.08. The maximum atomic E-state index is 6.03. The lowest BCUT2D eigenvalue weighted by molar-refractivity contribution is 0.415. The van der Waals surface area contributed by atoms with Crippen LogP contribution in [0.2, 0.25) is 5.02 Å². The van der Waals surface area contributed by atoms with Gasteiger partial charge in [-0.25, -0.2) is 9.97 Å². The van der Waals surface area contributed by atoms with Gasteiger partial charge < -0.3 is 10.1 Å². The van der Waals surface area contributed by atoms with Crippen LogP contribution in [-0.4, -0.2) is 17.1 Å². The molecule has 0 saturated heterocycles. The van der Waals surface area contributed by atoms with E-state index >= 15 is 0 Å². The Kier molecular flexibility index (Phi) is 3.77. The van der Waals surface area contributed by atoms with E-state index in [4.69, 9.17) is 16.3 Å². The van der Waals surface area contributed by atoms with Crippen LogP contribution < -0.4 is 10.1 Å². The van der Waals surface area contributed by atoms with Crippen molar-refractivity contribution in [3.63, 3.8) is 0 Å². The second kappa shape index (κ2) is 5.50. The summed E-state index contributed by atoms with van der Waals surface area (Å²) in [4.78, 5) is 7.84. The van der Waals surface area contributed by atoms with Gasteiger partial charge in [0.15, 0.2) is 0 Å². The first-order chi connectivity index (χ1) is 8.29. The second-order valence-corrected chi connectivity index (χ2v) is 3.86. The molecule has 0 aliphatic heterocycles. The third-order valence-electron chi connectivity index (χ3n) is 2.27. The van der Waals surface area contributed by atoms with Crippen molar-refractivity contribution in [3.05, 3.63) is 47.5 Å². The van der Waals surface area contributed by atoms with Gasteiger partial charge in [0, 0.05) is 6.54 Å². The topological polar surface area (TPSA) is 47.0 Å². The Balaban J connectivity index is 2.02. The monoisotopic (exact) mass is 249 g/mol. The highest BCUT2D eigenvalue weighted by atomic mass is 35.5. The first-order valence-electron chi connectivity index (χ1n) is 5.11. The summed E-state index contributed by atoms with van der Waals surface area (Å²) in [6, 6.07) is 5.68. The summed E-state index contributed by atoms with van der Waals surface area (Å²) < 4.78 is 5.09. The van der Waals surface area contributed by atoms with Crippen molar-refractivity contribution in [1.82, 2.24) is 9.97 Å². The van der Waals surface area contributed by atoms with Crippen molar-refractivity contribution >= 4 is 17.3 Å². The van der Waals surface area contributed by atoms with Gasteiger partial charge in [-0.3, -0.25) is 0 Å². The predicted octanol–water partition coefficient (Wildman–Crippen LogP) is 2.75. The molecule has 0 aliphatic rings. The Labute approximate surface area is 105 Å². The summed E-state index contributed by atoms with van der Waals surface area (Å²) in [5.74, 6) is 0.679. The smallest absolute Gasteiger partial charge is 0.137 e. The molecule has 88 valence electrons. The fraction of sp³-hybridized carbons (Fsp3) is 0.167. The zero-order chi connectivity index (χ0) is 12.1. The van der Waals surface area contributed by atoms with Crippen LogP contribution in [0.25, 0.3) is 0 Å². The van der Waals surface area contributed by atoms with Crippen molar-refractivity contribution in [2.24, 2.45) is 0 Å². The number of anilines is 1. The van der Waals surface area contributed by atoms with Crippen LogP contribution in [0.15, 0.2) is 36.9 Å². The standard InChI is InChI=1S/C12H12ClN3O/c1-17-12-3-2-9(4-11(12)13)5-16-10-6-14-8-15-7-10/h2-4,6-8,16H,5H2,1H3. The van der Waals surface area contributed by atoms with E-state index < -0.39 is 0 Å². The molecule has 1 aromatic carbocycles. The highest BCUT2D eigenvalue weighted by molar-refractivity contribution is 6.32. The summed E-state index contributed by atoms with van der Waals surface area (Å²) in [6.45, 7) is 0.664. The molecule has 1 N–H and O–H groups in total. The second-order valence-electron chi connectivity index (χ2n) is 3.45. The minimum Gasteiger partial charge on any atom is -0.495 e. The molecule has 0 saturated carbocycles. The fourth-order valence-electron chi connectivity index (χ4n) is 1.41. The van der Waals surface area contributed by atoms with Gasteiger partial charge in [0.05, 0.1) is 30.2 Å². The maximum absolute atomic E-state index is 6.03. The average molecular weight is 250 g/mol. The van der Waals surface area contributed by atoms with Crippen molar-refractivity contribution < 1.29 is 4.74 Å². The van der Waals surface area contributed by atoms with E-state index in [9.17, 15) is 0 Å². The first kappa shape index (κ1) is 11.7. The highest BCUT2D eigenvalue weighted by Crippen LogP contribution is 2.25. The van der Waals surface area contributed by atoms with Crippen molar-refractivity contribution in [2.75, 3.05) is 12.4 Å². The molecule has 2 aromatic rings. The summed E-state index contributed by atoms with van der Waals surface area (Å²) in [6.07, 6.45) is 4.94. The first-order valence-corrected chi connectivity index (χ1v) is 5.48. The van der Waals surface area contributed by atoms with Gasteiger partial charge in [-0.05, 0) is 17.7 Å². The molecule has 0 radical (unpaired) electrons. The quantitative estimate of drug-likeness (QED) is 0.905. The molecule has 0 aliphatic carbocycles. The van der Waals surface area contributed by atoms with Gasteiger partial charge in [0.2, 0.25) is 0 Å². The molecule has 0 fully saturated rings. The van der Waals surface area contributed by atoms with Crippen LogP contribution in [0.5, 0.6) is 5.75 Å². The van der Waals surface area contributed by atoms with Gasteiger partial charge in [0.25, 0.3) is 0 Å². The van der Waals surface area contributed by atoms with Gasteiger partial charge in [-0.2, -0.15) is 0 Å². The number of hydrogen-bond acceptors (Lipinski definition) is 4. The minimum absolute atomic E-state index is 0.608. The number of rotatable bonds is 4. The maximum Gasteiger partial charge on any atom is 0.137 e. The normalized spacial score (nSPS) is 10.0. The molecule has 5 heteroatoms. The van der Waals surface area contributed by atoms with Crippen LogP contribution in [0, 0.1) is 0 Å². The van der Waals surface area contributed by atoms with Crippen LogP contribution >= 0.6 is 11.6 Å². The Morgan fingerprint density at radius 3 is 2.71 bits per heavy atom. The number of hydrogen-bond donors (Lipinski definition) is 1. The highest BCUT2D eigenvalue weighted by Gasteiger charge is 2.01. The predicted molar refractivity (Wildman–Crippen MR) is 67.4 cm³/mol. The lowest BCUT2D eigenvalue weighted by Crippen LogP contribution is -2.00. The Bertz CT molecular complexity index is 490. The molecular weight excluding hydrogens is 238 g/mol. The van der Waals surface area contributed by atoms with Gasteiger partial charge in [-0.1, -0.05) is 17.7 Å². The fourth-order valence-corrected chi connectivity index (χ4v) is 1.69. The van der Waals surface area contributed by atoms with E-state index in [-0.39, 0.29) is 0 Å². The van der Waals surface area contributed by atoms with E-state index in [0.717, 1.165) is 11.3 Å². The average Bonchev–Trinajstić information content (AvgIpc) is 2.38. The molecular formula is C12H12ClN3O. The molecule has 1 heterocycles. The largest absolute Gasteiger partial charge is 0.495 e. The lowest BCUT2D eigenvalue weighted by atomic mass is 10.2. The molecule has 0 unspecified atom stereocenters. The molecule has 17 heavy (non-hydrogen) atoms. The summed E-state index contributed by atoms with van der Waals surface area (Å²) in [5.41, 5.74) is 1.94. The number of aromatic nitrogens is 2. The molecule has 0 bridgehead atoms. The van der Waals surface area contributed by atoms with E-state index in [0.29, 0.717) is 17.3 Å². The number of benzene rings is 1. The van der Waals surface area contributed by atoms with Crippen LogP contribution in [0.3, 0.4) is 0 Å². The Morgan fingerprint density at radius 1 is 1.29 bits per heavy atom. The Hall–Kier alpha value is -1.81. The minimum atomic E-state index is 0.608. The molecule has 4 nitrogen and oxygen atoms in total. The van der Waals surface area contributed by atoms with E-state index in [1.165, 1.54) is 6.33 Å². The SMILES string of the molecule is COc1ccc(CNc2cncnc2)cc1Cl. The number of nitrogens with one attached hydrogen (secondary N) is 1. The van der Waals surface area contributed by atoms with Crippen LogP contribution in [0.4, 0.5) is 5.69 Å². The third kappa shape index (κ3) is 3.07. The molecule has 1 aromatic heterocycles. The van der Waals surface area contributed by atoms with Crippen molar-refractivity contribution in [3.8, 4) is 5.75 Å². The summed E-state index contributed by atoms with van der Waals surface area (Å²) in [7, 11) is 1.60. The van der Waals surface area contributed by atoms with Crippen molar-refractivity contribution in [2.45, 2.75) is 6.54 Å². The number of nitrogens with zero attached hydrogens (tertiary/aromatic N) is 2. The zero-order valence-electron chi connectivity index (χ0n) is 9.35. The van der Waals surface area contributed by atoms with Gasteiger partial charge in [0.1, 0.15) is 12.1 Å². The molecule has 0 atom stereocenters. The van der Waals surface area contributed by atoms with E-state index in [1.54, 1.807) is 19.5 Å². The summed E-state index contributed by atoms with van der Waals surface area (Å²) in [5, 5.41) is 3.81. The van der Waals surface area contributed by atoms with Crippen molar-refractivity contribution in [1.29, 1.82) is 0 Å². The number of ether oxygens (including phenoxy) is 1. The van der Waals surface area contributed by atoms with Gasteiger partial charge >= 0.3 is 0 Å². The number of methoxy groups -OCH3 is 1. The van der Waals surface area contributed by atoms with Gasteiger partial charge in [-0.15, -0.1) is 0 Å². The molecule has 0 spiro atoms. The van der Waals surface area contributed by atoms with E-state index in [1.807, 2.05) is 18.2 Å². The van der Waals surface area contributed by atoms with Crippen LogP contribution in [-0.2, 0) is 6.54 Å². The number of halogens is 1. The van der Waals surface area contributed by atoms with E-state index in [2.05, 4.69) is 15.3 Å².